The maximum atomic E-state index is 14.4. The summed E-state index contributed by atoms with van der Waals surface area (Å²) < 4.78 is 60.8. The monoisotopic (exact) mass is 655 g/mol. The smallest absolute Gasteiger partial charge is 0.415 e. The third kappa shape index (κ3) is 7.26. The van der Waals surface area contributed by atoms with Crippen LogP contribution in [-0.2, 0) is 24.6 Å². The van der Waals surface area contributed by atoms with Gasteiger partial charge in [0.05, 0.1) is 12.3 Å². The number of hydrogen-bond acceptors (Lipinski definition) is 9. The van der Waals surface area contributed by atoms with Crippen molar-refractivity contribution in [2.24, 2.45) is 5.92 Å². The van der Waals surface area contributed by atoms with Crippen LogP contribution in [0.2, 0.25) is 5.02 Å². The Hall–Kier alpha value is -3.45. The van der Waals surface area contributed by atoms with Gasteiger partial charge in [-0.3, -0.25) is 14.3 Å². The lowest BCUT2D eigenvalue weighted by atomic mass is 9.89. The first-order valence-electron chi connectivity index (χ1n) is 13.8. The number of halogens is 4. The fourth-order valence-electron chi connectivity index (χ4n) is 4.63. The van der Waals surface area contributed by atoms with Gasteiger partial charge in [0, 0.05) is 41.5 Å². The van der Waals surface area contributed by atoms with Crippen LogP contribution in [0.3, 0.4) is 0 Å². The summed E-state index contributed by atoms with van der Waals surface area (Å²) in [5.74, 6) is 4.91. The van der Waals surface area contributed by atoms with E-state index in [4.69, 9.17) is 31.5 Å². The number of aromatic nitrogens is 2. The van der Waals surface area contributed by atoms with Crippen molar-refractivity contribution < 1.29 is 37.0 Å². The van der Waals surface area contributed by atoms with Crippen molar-refractivity contribution in [1.29, 1.82) is 0 Å². The SMILES string of the molecule is Nc1ccn([C@H]2CS[C@@H](COCC(=O)NCCCCN3C(=O)OC(C#CC4CC4)(C(F)(F)F)c4cc(Cl)ccc43)O2)c(=O)n1. The third-order valence-corrected chi connectivity index (χ3v) is 8.36. The van der Waals surface area contributed by atoms with Gasteiger partial charge >= 0.3 is 18.0 Å². The second-order valence-corrected chi connectivity index (χ2v) is 12.0. The third-order valence-electron chi connectivity index (χ3n) is 7.03. The fourth-order valence-corrected chi connectivity index (χ4v) is 5.82. The van der Waals surface area contributed by atoms with Crippen LogP contribution in [0.15, 0.2) is 35.3 Å². The lowest BCUT2D eigenvalue weighted by molar-refractivity contribution is -0.240. The quantitative estimate of drug-likeness (QED) is 0.289. The number of nitrogens with two attached hydrogens (primary N) is 1. The first-order chi connectivity index (χ1) is 21.0. The molecule has 11 nitrogen and oxygen atoms in total. The van der Waals surface area contributed by atoms with E-state index in [2.05, 4.69) is 22.1 Å². The molecule has 5 rings (SSSR count). The minimum atomic E-state index is -4.99. The molecule has 0 radical (unpaired) electrons. The molecule has 2 aliphatic heterocycles. The average Bonchev–Trinajstić information content (AvgIpc) is 3.68. The Morgan fingerprint density at radius 3 is 2.80 bits per heavy atom. The predicted octanol–water partition coefficient (Wildman–Crippen LogP) is 3.81. The zero-order chi connectivity index (χ0) is 31.5. The van der Waals surface area contributed by atoms with Crippen LogP contribution in [0.25, 0.3) is 0 Å². The number of fused-ring (bicyclic) bond motifs is 1. The van der Waals surface area contributed by atoms with Crippen LogP contribution in [-0.4, -0.2) is 65.2 Å². The van der Waals surface area contributed by atoms with Crippen LogP contribution in [0.5, 0.6) is 0 Å². The number of rotatable bonds is 10. The Balaban J connectivity index is 1.07. The summed E-state index contributed by atoms with van der Waals surface area (Å²) in [7, 11) is 0. The van der Waals surface area contributed by atoms with Crippen molar-refractivity contribution in [2.45, 2.75) is 49.1 Å². The zero-order valence-corrected chi connectivity index (χ0v) is 24.8. The number of nitrogen functional groups attached to an aromatic ring is 1. The molecule has 0 spiro atoms. The van der Waals surface area contributed by atoms with Crippen molar-refractivity contribution in [3.05, 3.63) is 51.5 Å². The van der Waals surface area contributed by atoms with Gasteiger partial charge in [0.1, 0.15) is 24.1 Å². The Bertz CT molecular complexity index is 1530. The molecule has 2 aromatic rings. The number of thioether (sulfide) groups is 1. The zero-order valence-electron chi connectivity index (χ0n) is 23.3. The highest BCUT2D eigenvalue weighted by atomic mass is 35.5. The molecule has 1 aromatic heterocycles. The van der Waals surface area contributed by atoms with Gasteiger partial charge in [-0.15, -0.1) is 11.8 Å². The maximum absolute atomic E-state index is 14.4. The number of unbranched alkanes of at least 4 members (excludes halogenated alkanes) is 1. The molecule has 2 amide bonds. The first kappa shape index (κ1) is 32.0. The number of benzene rings is 1. The van der Waals surface area contributed by atoms with E-state index in [-0.39, 0.29) is 65.7 Å². The number of carbonyl (C=O) groups is 2. The highest BCUT2D eigenvalue weighted by molar-refractivity contribution is 8.00. The minimum absolute atomic E-state index is 0.0253. The number of amides is 2. The van der Waals surface area contributed by atoms with Crippen molar-refractivity contribution in [3.8, 4) is 11.8 Å². The van der Waals surface area contributed by atoms with E-state index in [1.54, 1.807) is 0 Å². The van der Waals surface area contributed by atoms with Crippen molar-refractivity contribution in [2.75, 3.05) is 42.7 Å². The lowest BCUT2D eigenvalue weighted by Gasteiger charge is -2.40. The van der Waals surface area contributed by atoms with E-state index in [0.29, 0.717) is 31.4 Å². The molecule has 1 saturated carbocycles. The number of alkyl halides is 3. The molecular formula is C28H29ClF3N5O6S. The van der Waals surface area contributed by atoms with Crippen molar-refractivity contribution in [3.63, 3.8) is 0 Å². The number of nitrogens with one attached hydrogen (secondary N) is 1. The Morgan fingerprint density at radius 2 is 2.07 bits per heavy atom. The summed E-state index contributed by atoms with van der Waals surface area (Å²) in [6.07, 6.45) is -2.97. The molecule has 1 aromatic carbocycles. The number of ether oxygens (including phenoxy) is 3. The first-order valence-corrected chi connectivity index (χ1v) is 15.3. The number of hydrogen-bond donors (Lipinski definition) is 2. The number of carbonyl (C=O) groups excluding carboxylic acids is 2. The minimum Gasteiger partial charge on any atom is -0.415 e. The summed E-state index contributed by atoms with van der Waals surface area (Å²) in [5, 5.41) is 2.76. The highest BCUT2D eigenvalue weighted by Gasteiger charge is 2.63. The average molecular weight is 656 g/mol. The van der Waals surface area contributed by atoms with Gasteiger partial charge in [-0.1, -0.05) is 17.5 Å². The summed E-state index contributed by atoms with van der Waals surface area (Å²) in [6.45, 7) is 0.203. The van der Waals surface area contributed by atoms with E-state index < -0.39 is 29.8 Å². The van der Waals surface area contributed by atoms with Gasteiger partial charge in [-0.2, -0.15) is 18.2 Å². The van der Waals surface area contributed by atoms with Gasteiger partial charge in [-0.25, -0.2) is 9.59 Å². The molecule has 3 aliphatic rings. The van der Waals surface area contributed by atoms with Crippen LogP contribution >= 0.6 is 23.4 Å². The molecule has 3 N–H and O–H groups in total. The number of cyclic esters (lactones) is 1. The summed E-state index contributed by atoms with van der Waals surface area (Å²) in [6, 6.07) is 5.40. The second-order valence-electron chi connectivity index (χ2n) is 10.4. The summed E-state index contributed by atoms with van der Waals surface area (Å²) in [4.78, 5) is 41.9. The van der Waals surface area contributed by atoms with Gasteiger partial charge in [0.2, 0.25) is 5.91 Å². The Labute approximate surface area is 259 Å². The van der Waals surface area contributed by atoms with E-state index in [1.165, 1.54) is 40.7 Å². The molecule has 44 heavy (non-hydrogen) atoms. The highest BCUT2D eigenvalue weighted by Crippen LogP contribution is 2.50. The van der Waals surface area contributed by atoms with Crippen LogP contribution in [0.1, 0.15) is 37.5 Å². The van der Waals surface area contributed by atoms with Crippen molar-refractivity contribution >= 4 is 46.9 Å². The van der Waals surface area contributed by atoms with Gasteiger partial charge in [0.15, 0.2) is 0 Å². The molecule has 16 heteroatoms. The number of anilines is 2. The molecule has 236 valence electrons. The van der Waals surface area contributed by atoms with E-state index in [9.17, 15) is 27.6 Å². The summed E-state index contributed by atoms with van der Waals surface area (Å²) >= 11 is 7.49. The molecule has 1 saturated heterocycles. The number of nitrogens with zero attached hydrogens (tertiary/aromatic N) is 3. The molecule has 1 aliphatic carbocycles. The lowest BCUT2D eigenvalue weighted by Crippen LogP contribution is -2.53. The van der Waals surface area contributed by atoms with E-state index >= 15 is 0 Å². The molecule has 3 heterocycles. The fraction of sp³-hybridized carbons (Fsp3) is 0.500. The van der Waals surface area contributed by atoms with Crippen LogP contribution in [0.4, 0.5) is 29.5 Å². The second kappa shape index (κ2) is 13.3. The van der Waals surface area contributed by atoms with E-state index in [0.717, 1.165) is 11.0 Å². The largest absolute Gasteiger partial charge is 0.445 e. The Kier molecular flexibility index (Phi) is 9.64. The van der Waals surface area contributed by atoms with Gasteiger partial charge < -0.3 is 25.3 Å². The predicted molar refractivity (Wildman–Crippen MR) is 156 cm³/mol. The van der Waals surface area contributed by atoms with Gasteiger partial charge in [-0.05, 0) is 55.9 Å². The molecule has 3 atom stereocenters. The summed E-state index contributed by atoms with van der Waals surface area (Å²) in [5.41, 5.74) is 1.20. The van der Waals surface area contributed by atoms with Crippen molar-refractivity contribution in [1.82, 2.24) is 14.9 Å². The Morgan fingerprint density at radius 1 is 1.27 bits per heavy atom. The molecule has 0 bridgehead atoms. The standard InChI is InChI=1S/C28H29ClF3N5O6S/c29-18-5-6-20-19(13-18)27(28(30,31)32,9-7-17-3-4-17)43-26(40)36(20)11-2-1-10-34-22(38)14-41-15-24-42-23(16-44-24)37-12-8-21(33)35-25(37)39/h5-6,8,12-13,17,23-24H,1-4,10-11,14-16H2,(H,34,38)(H2,33,35,39)/t23-,24+,27?/m1/s1. The normalized spacial score (nSPS) is 23.0. The molecule has 2 fully saturated rings. The topological polar surface area (TPSA) is 138 Å². The van der Waals surface area contributed by atoms with Gasteiger partial charge in [0.25, 0.3) is 5.60 Å². The molecular weight excluding hydrogens is 627 g/mol. The van der Waals surface area contributed by atoms with Crippen LogP contribution < -0.4 is 21.6 Å². The molecule has 1 unspecified atom stereocenters. The van der Waals surface area contributed by atoms with E-state index in [1.807, 2.05) is 0 Å². The van der Waals surface area contributed by atoms with Crippen LogP contribution in [0, 0.1) is 17.8 Å². The maximum Gasteiger partial charge on any atom is 0.445 e.